The van der Waals surface area contributed by atoms with Crippen LogP contribution in [0.2, 0.25) is 5.02 Å². The minimum absolute atomic E-state index is 0.165. The molecule has 1 fully saturated rings. The topological polar surface area (TPSA) is 105 Å². The van der Waals surface area contributed by atoms with Crippen molar-refractivity contribution in [1.82, 2.24) is 9.88 Å². The summed E-state index contributed by atoms with van der Waals surface area (Å²) >= 11 is 10.3. The first-order valence-corrected chi connectivity index (χ1v) is 17.5. The van der Waals surface area contributed by atoms with E-state index in [1.807, 2.05) is 29.2 Å². The Bertz CT molecular complexity index is 1790. The number of nitriles is 1. The molecule has 1 aliphatic rings. The lowest BCUT2D eigenvalue weighted by atomic mass is 9.93. The van der Waals surface area contributed by atoms with E-state index in [1.54, 1.807) is 24.4 Å². The smallest absolute Gasteiger partial charge is 0.320 e. The molecule has 1 atom stereocenters. The molecule has 0 bridgehead atoms. The van der Waals surface area contributed by atoms with Gasteiger partial charge >= 0.3 is 5.97 Å². The van der Waals surface area contributed by atoms with Crippen LogP contribution in [0.25, 0.3) is 11.1 Å². The molecule has 3 aromatic carbocycles. The molecule has 48 heavy (non-hydrogen) atoms. The van der Waals surface area contributed by atoms with Gasteiger partial charge in [0.05, 0.1) is 17.2 Å². The van der Waals surface area contributed by atoms with Crippen molar-refractivity contribution >= 4 is 33.5 Å². The van der Waals surface area contributed by atoms with Gasteiger partial charge in [-0.3, -0.25) is 14.7 Å². The third-order valence-corrected chi connectivity index (χ3v) is 9.50. The van der Waals surface area contributed by atoms with Crippen molar-refractivity contribution in [3.63, 3.8) is 0 Å². The van der Waals surface area contributed by atoms with E-state index in [4.69, 9.17) is 25.8 Å². The number of likely N-dealkylation sites (tertiary alicyclic amines) is 1. The number of carbonyl (C=O) groups is 1. The van der Waals surface area contributed by atoms with Crippen LogP contribution in [0, 0.1) is 25.2 Å². The number of ether oxygens (including phenoxy) is 3. The largest absolute Gasteiger partial charge is 0.493 e. The van der Waals surface area contributed by atoms with Gasteiger partial charge < -0.3 is 19.3 Å². The Balaban J connectivity index is 1.40. The molecule has 0 saturated carbocycles. The highest BCUT2D eigenvalue weighted by Crippen LogP contribution is 2.37. The van der Waals surface area contributed by atoms with Gasteiger partial charge in [-0.25, -0.2) is 0 Å². The highest BCUT2D eigenvalue weighted by Gasteiger charge is 2.29. The summed E-state index contributed by atoms with van der Waals surface area (Å²) in [5, 5.41) is 20.5. The van der Waals surface area contributed by atoms with E-state index in [2.05, 4.69) is 53.0 Å². The first kappa shape index (κ1) is 35.2. The fourth-order valence-corrected chi connectivity index (χ4v) is 6.47. The molecule has 5 rings (SSSR count). The molecule has 0 unspecified atom stereocenters. The number of alkyl halides is 1. The molecule has 0 radical (unpaired) electrons. The molecule has 4 aromatic rings. The van der Waals surface area contributed by atoms with Crippen LogP contribution in [0.15, 0.2) is 67.0 Å². The summed E-state index contributed by atoms with van der Waals surface area (Å²) in [5.41, 5.74) is 7.34. The molecule has 0 aliphatic carbocycles. The monoisotopic (exact) mass is 731 g/mol. The fourth-order valence-electron chi connectivity index (χ4n) is 6.00. The number of aromatic nitrogens is 1. The fraction of sp³-hybridized carbons (Fsp3) is 0.342. The maximum atomic E-state index is 12.0. The lowest BCUT2D eigenvalue weighted by Gasteiger charge is -2.33. The van der Waals surface area contributed by atoms with E-state index in [9.17, 15) is 15.2 Å². The molecular weight excluding hydrogens is 694 g/mol. The highest BCUT2D eigenvalue weighted by molar-refractivity contribution is 9.09. The highest BCUT2D eigenvalue weighted by atomic mass is 79.9. The van der Waals surface area contributed by atoms with Gasteiger partial charge in [0.15, 0.2) is 0 Å². The van der Waals surface area contributed by atoms with Gasteiger partial charge in [0.2, 0.25) is 0 Å². The Morgan fingerprint density at radius 3 is 2.52 bits per heavy atom. The Morgan fingerprint density at radius 1 is 0.979 bits per heavy atom. The number of piperidine rings is 1. The molecule has 8 nitrogen and oxygen atoms in total. The van der Waals surface area contributed by atoms with Gasteiger partial charge in [-0.05, 0) is 85.7 Å². The molecule has 1 N–H and O–H groups in total. The summed E-state index contributed by atoms with van der Waals surface area (Å²) in [6.07, 6.45) is 6.48. The molecule has 2 heterocycles. The second kappa shape index (κ2) is 16.8. The zero-order valence-electron chi connectivity index (χ0n) is 27.2. The van der Waals surface area contributed by atoms with Crippen LogP contribution < -0.4 is 14.2 Å². The van der Waals surface area contributed by atoms with Crippen LogP contribution in [0.5, 0.6) is 17.2 Å². The number of halogens is 2. The van der Waals surface area contributed by atoms with Crippen LogP contribution in [-0.4, -0.2) is 45.5 Å². The van der Waals surface area contributed by atoms with Crippen molar-refractivity contribution in [3.8, 4) is 34.4 Å². The van der Waals surface area contributed by atoms with Gasteiger partial charge in [-0.2, -0.15) is 5.26 Å². The van der Waals surface area contributed by atoms with Crippen molar-refractivity contribution in [2.75, 3.05) is 18.5 Å². The lowest BCUT2D eigenvalue weighted by Crippen LogP contribution is -2.44. The summed E-state index contributed by atoms with van der Waals surface area (Å²) in [6, 6.07) is 19.2. The standard InChI is InChI=1S/C38H39BrClN3O5/c1-25-29(8-5-9-31(25)32-10-6-12-35(26(32)2)46-15-7-13-39)24-48-37-18-36(47-23-28-16-27(19-41)20-42-21-28)30(17-33(37)40)22-43-14-4-3-11-34(43)38(44)45/h5-6,8-10,12,16-18,20-21,34H,3-4,7,11,13-15,22-24H2,1-2H3,(H,44,45)/t34-/m0/s1. The molecule has 1 aliphatic heterocycles. The summed E-state index contributed by atoms with van der Waals surface area (Å²) in [6.45, 7) is 6.29. The van der Waals surface area contributed by atoms with Crippen LogP contribution in [-0.2, 0) is 24.6 Å². The van der Waals surface area contributed by atoms with Gasteiger partial charge in [0, 0.05) is 41.5 Å². The number of pyridine rings is 1. The summed E-state index contributed by atoms with van der Waals surface area (Å²) in [5.74, 6) is 1.03. The predicted octanol–water partition coefficient (Wildman–Crippen LogP) is 8.65. The van der Waals surface area contributed by atoms with Gasteiger partial charge in [-0.1, -0.05) is 64.3 Å². The molecule has 10 heteroatoms. The summed E-state index contributed by atoms with van der Waals surface area (Å²) in [7, 11) is 0. The van der Waals surface area contributed by atoms with Crippen LogP contribution >= 0.6 is 27.5 Å². The predicted molar refractivity (Wildman–Crippen MR) is 190 cm³/mol. The summed E-state index contributed by atoms with van der Waals surface area (Å²) in [4.78, 5) is 18.1. The number of carboxylic acids is 1. The van der Waals surface area contributed by atoms with Crippen molar-refractivity contribution in [3.05, 3.63) is 105 Å². The minimum atomic E-state index is -0.829. The van der Waals surface area contributed by atoms with Crippen molar-refractivity contribution in [1.29, 1.82) is 5.26 Å². The molecule has 1 aromatic heterocycles. The number of carboxylic acid groups (broad SMARTS) is 1. The Morgan fingerprint density at radius 2 is 1.75 bits per heavy atom. The zero-order chi connectivity index (χ0) is 34.0. The van der Waals surface area contributed by atoms with Crippen molar-refractivity contribution < 1.29 is 24.1 Å². The van der Waals surface area contributed by atoms with Gasteiger partial charge in [0.1, 0.15) is 42.6 Å². The Kier molecular flexibility index (Phi) is 12.3. The van der Waals surface area contributed by atoms with Crippen LogP contribution in [0.1, 0.15) is 59.1 Å². The maximum Gasteiger partial charge on any atom is 0.320 e. The molecule has 0 spiro atoms. The molecular formula is C38H39BrClN3O5. The van der Waals surface area contributed by atoms with Crippen molar-refractivity contribution in [2.24, 2.45) is 0 Å². The van der Waals surface area contributed by atoms with Crippen LogP contribution in [0.4, 0.5) is 0 Å². The third kappa shape index (κ3) is 8.67. The summed E-state index contributed by atoms with van der Waals surface area (Å²) < 4.78 is 18.7. The number of benzene rings is 3. The number of aliphatic carboxylic acids is 1. The average Bonchev–Trinajstić information content (AvgIpc) is 3.09. The molecule has 250 valence electrons. The Labute approximate surface area is 295 Å². The number of nitrogens with zero attached hydrogens (tertiary/aromatic N) is 3. The van der Waals surface area contributed by atoms with Gasteiger partial charge in [-0.15, -0.1) is 0 Å². The third-order valence-electron chi connectivity index (χ3n) is 8.64. The van der Waals surface area contributed by atoms with E-state index in [-0.39, 0.29) is 13.2 Å². The van der Waals surface area contributed by atoms with Gasteiger partial charge in [0.25, 0.3) is 0 Å². The van der Waals surface area contributed by atoms with Crippen LogP contribution in [0.3, 0.4) is 0 Å². The minimum Gasteiger partial charge on any atom is -0.493 e. The maximum absolute atomic E-state index is 12.0. The molecule has 0 amide bonds. The van der Waals surface area contributed by atoms with E-state index in [1.165, 1.54) is 6.20 Å². The normalized spacial score (nSPS) is 14.7. The van der Waals surface area contributed by atoms with Crippen molar-refractivity contribution in [2.45, 2.75) is 65.3 Å². The van der Waals surface area contributed by atoms with E-state index < -0.39 is 12.0 Å². The average molecular weight is 733 g/mol. The SMILES string of the molecule is Cc1c(COc2cc(OCc3cncc(C#N)c3)c(CN3CCCC[C@H]3C(=O)O)cc2Cl)cccc1-c1cccc(OCCCBr)c1C. The number of rotatable bonds is 14. The number of hydrogen-bond donors (Lipinski definition) is 1. The van der Waals surface area contributed by atoms with E-state index in [0.29, 0.717) is 48.2 Å². The molecule has 1 saturated heterocycles. The second-order valence-electron chi connectivity index (χ2n) is 11.9. The number of hydrogen-bond acceptors (Lipinski definition) is 7. The zero-order valence-corrected chi connectivity index (χ0v) is 29.5. The quantitative estimate of drug-likeness (QED) is 0.102. The first-order valence-electron chi connectivity index (χ1n) is 16.0. The van der Waals surface area contributed by atoms with E-state index >= 15 is 0 Å². The van der Waals surface area contributed by atoms with E-state index in [0.717, 1.165) is 69.3 Å². The Hall–Kier alpha value is -4.10. The lowest BCUT2D eigenvalue weighted by molar-refractivity contribution is -0.144. The second-order valence-corrected chi connectivity index (χ2v) is 13.1. The first-order chi connectivity index (χ1) is 23.3.